The molecule has 1 aromatic heterocycles. The predicted octanol–water partition coefficient (Wildman–Crippen LogP) is 0.558. The molecule has 7 nitrogen and oxygen atoms in total. The summed E-state index contributed by atoms with van der Waals surface area (Å²) in [5.74, 6) is -0.563. The molecule has 3 rings (SSSR count). The summed E-state index contributed by atoms with van der Waals surface area (Å²) in [5.41, 5.74) is 7.36. The minimum absolute atomic E-state index is 0.170. The van der Waals surface area contributed by atoms with Crippen molar-refractivity contribution in [3.8, 4) is 0 Å². The molecule has 1 aliphatic heterocycles. The number of hydrogen-bond acceptors (Lipinski definition) is 3. The van der Waals surface area contributed by atoms with E-state index in [0.717, 1.165) is 11.1 Å². The fourth-order valence-electron chi connectivity index (χ4n) is 2.56. The zero-order valence-corrected chi connectivity index (χ0v) is 12.7. The largest absolute Gasteiger partial charge is 0.369 e. The van der Waals surface area contributed by atoms with Crippen LogP contribution in [0.5, 0.6) is 0 Å². The van der Waals surface area contributed by atoms with Crippen molar-refractivity contribution in [3.05, 3.63) is 53.9 Å². The third-order valence-electron chi connectivity index (χ3n) is 4.01. The number of benzene rings is 1. The number of amides is 3. The van der Waals surface area contributed by atoms with Gasteiger partial charge in [0.05, 0.1) is 12.5 Å². The first kappa shape index (κ1) is 15.1. The van der Waals surface area contributed by atoms with E-state index in [9.17, 15) is 9.59 Å². The van der Waals surface area contributed by atoms with E-state index in [4.69, 9.17) is 5.73 Å². The molecule has 1 aliphatic rings. The predicted molar refractivity (Wildman–Crippen MR) is 84.3 cm³/mol. The van der Waals surface area contributed by atoms with E-state index >= 15 is 0 Å². The molecule has 7 heteroatoms. The van der Waals surface area contributed by atoms with Gasteiger partial charge in [0.1, 0.15) is 0 Å². The van der Waals surface area contributed by atoms with Crippen LogP contribution in [0.15, 0.2) is 42.7 Å². The lowest BCUT2D eigenvalue weighted by atomic mass is 10.0. The number of rotatable bonds is 5. The average Bonchev–Trinajstić information content (AvgIpc) is 2.97. The Hall–Kier alpha value is -2.83. The quantitative estimate of drug-likeness (QED) is 0.844. The van der Waals surface area contributed by atoms with Gasteiger partial charge in [0.25, 0.3) is 0 Å². The molecule has 2 heterocycles. The zero-order valence-electron chi connectivity index (χ0n) is 12.7. The second-order valence-electron chi connectivity index (χ2n) is 5.64. The summed E-state index contributed by atoms with van der Waals surface area (Å²) in [6, 6.07) is 9.63. The molecule has 0 saturated carbocycles. The Balaban J connectivity index is 1.56. The second kappa shape index (κ2) is 6.51. The molecule has 1 aromatic carbocycles. The van der Waals surface area contributed by atoms with Crippen LogP contribution in [0.3, 0.4) is 0 Å². The van der Waals surface area contributed by atoms with Crippen LogP contribution >= 0.6 is 0 Å². The fraction of sp³-hybridized carbons (Fsp3) is 0.312. The molecule has 0 unspecified atom stereocenters. The van der Waals surface area contributed by atoms with Crippen LogP contribution in [0.25, 0.3) is 0 Å². The van der Waals surface area contributed by atoms with Crippen molar-refractivity contribution in [2.45, 2.75) is 13.1 Å². The van der Waals surface area contributed by atoms with E-state index in [1.54, 1.807) is 11.1 Å². The first-order valence-electron chi connectivity index (χ1n) is 7.50. The number of likely N-dealkylation sites (tertiary alicyclic amines) is 1. The van der Waals surface area contributed by atoms with Crippen LogP contribution in [0.2, 0.25) is 0 Å². The number of carbonyl (C=O) groups excluding carboxylic acids is 2. The number of hydrogen-bond donors (Lipinski definition) is 2. The molecule has 0 spiro atoms. The number of nitrogens with one attached hydrogen (secondary N) is 1. The highest BCUT2D eigenvalue weighted by Gasteiger charge is 2.34. The molecule has 2 aromatic rings. The van der Waals surface area contributed by atoms with Crippen molar-refractivity contribution in [2.24, 2.45) is 11.7 Å². The molecule has 1 saturated heterocycles. The molecular formula is C16H19N5O2. The number of nitrogens with two attached hydrogens (primary N) is 1. The average molecular weight is 313 g/mol. The van der Waals surface area contributed by atoms with Gasteiger partial charge in [0, 0.05) is 32.0 Å². The summed E-state index contributed by atoms with van der Waals surface area (Å²) in [7, 11) is 0. The molecule has 1 fully saturated rings. The molecular weight excluding hydrogens is 294 g/mol. The normalized spacial score (nSPS) is 14.3. The summed E-state index contributed by atoms with van der Waals surface area (Å²) < 4.78 is 1.84. The molecule has 3 amide bonds. The van der Waals surface area contributed by atoms with Crippen molar-refractivity contribution in [3.63, 3.8) is 0 Å². The van der Waals surface area contributed by atoms with E-state index in [0.29, 0.717) is 26.2 Å². The maximum atomic E-state index is 12.0. The molecule has 0 radical (unpaired) electrons. The fourth-order valence-corrected chi connectivity index (χ4v) is 2.56. The smallest absolute Gasteiger partial charge is 0.317 e. The molecule has 120 valence electrons. The number of primary amides is 1. The van der Waals surface area contributed by atoms with Gasteiger partial charge in [0.2, 0.25) is 5.91 Å². The lowest BCUT2D eigenvalue weighted by molar-refractivity contribution is -0.125. The molecule has 0 atom stereocenters. The standard InChI is InChI=1S/C16H19N5O2/c17-15(22)14-9-20(10-14)16(23)18-8-12-4-1-2-5-13(12)11-21-7-3-6-19-21/h1-7,14H,8-11H2,(H2,17,22)(H,18,23). The number of nitrogens with zero attached hydrogens (tertiary/aromatic N) is 3. The Morgan fingerprint density at radius 3 is 2.61 bits per heavy atom. The van der Waals surface area contributed by atoms with Crippen molar-refractivity contribution in [1.29, 1.82) is 0 Å². The maximum absolute atomic E-state index is 12.0. The molecule has 0 bridgehead atoms. The van der Waals surface area contributed by atoms with Crippen molar-refractivity contribution >= 4 is 11.9 Å². The number of aromatic nitrogens is 2. The zero-order chi connectivity index (χ0) is 16.2. The van der Waals surface area contributed by atoms with Crippen LogP contribution in [0, 0.1) is 5.92 Å². The van der Waals surface area contributed by atoms with Gasteiger partial charge in [-0.05, 0) is 17.2 Å². The minimum Gasteiger partial charge on any atom is -0.369 e. The first-order chi connectivity index (χ1) is 11.1. The highest BCUT2D eigenvalue weighted by molar-refractivity contribution is 5.82. The Kier molecular flexibility index (Phi) is 4.27. The minimum atomic E-state index is -0.349. The lowest BCUT2D eigenvalue weighted by Gasteiger charge is -2.37. The van der Waals surface area contributed by atoms with Gasteiger partial charge < -0.3 is 16.0 Å². The number of urea groups is 1. The summed E-state index contributed by atoms with van der Waals surface area (Å²) in [5, 5.41) is 7.09. The highest BCUT2D eigenvalue weighted by atomic mass is 16.2. The SMILES string of the molecule is NC(=O)C1CN(C(=O)NCc2ccccc2Cn2cccn2)C1. The van der Waals surface area contributed by atoms with Gasteiger partial charge in [-0.3, -0.25) is 9.48 Å². The van der Waals surface area contributed by atoms with Gasteiger partial charge in [0.15, 0.2) is 0 Å². The molecule has 3 N–H and O–H groups in total. The third-order valence-corrected chi connectivity index (χ3v) is 4.01. The van der Waals surface area contributed by atoms with Gasteiger partial charge in [-0.2, -0.15) is 5.10 Å². The Labute approximate surface area is 134 Å². The Bertz CT molecular complexity index is 692. The Morgan fingerprint density at radius 2 is 1.96 bits per heavy atom. The van der Waals surface area contributed by atoms with E-state index in [1.165, 1.54) is 0 Å². The summed E-state index contributed by atoms with van der Waals surface area (Å²) in [4.78, 5) is 24.6. The van der Waals surface area contributed by atoms with E-state index in [1.807, 2.05) is 41.2 Å². The summed E-state index contributed by atoms with van der Waals surface area (Å²) in [6.45, 7) is 1.90. The second-order valence-corrected chi connectivity index (χ2v) is 5.64. The van der Waals surface area contributed by atoms with E-state index < -0.39 is 0 Å². The van der Waals surface area contributed by atoms with Crippen molar-refractivity contribution < 1.29 is 9.59 Å². The number of carbonyl (C=O) groups is 2. The van der Waals surface area contributed by atoms with Gasteiger partial charge >= 0.3 is 6.03 Å². The molecule has 23 heavy (non-hydrogen) atoms. The molecule has 0 aliphatic carbocycles. The monoisotopic (exact) mass is 313 g/mol. The highest BCUT2D eigenvalue weighted by Crippen LogP contribution is 2.15. The van der Waals surface area contributed by atoms with E-state index in [-0.39, 0.29) is 17.9 Å². The Morgan fingerprint density at radius 1 is 1.22 bits per heavy atom. The lowest BCUT2D eigenvalue weighted by Crippen LogP contribution is -2.57. The first-order valence-corrected chi connectivity index (χ1v) is 7.50. The maximum Gasteiger partial charge on any atom is 0.317 e. The van der Waals surface area contributed by atoms with Crippen LogP contribution in [0.4, 0.5) is 4.79 Å². The van der Waals surface area contributed by atoms with E-state index in [2.05, 4.69) is 10.4 Å². The summed E-state index contributed by atoms with van der Waals surface area (Å²) >= 11 is 0. The van der Waals surface area contributed by atoms with Crippen LogP contribution in [0.1, 0.15) is 11.1 Å². The van der Waals surface area contributed by atoms with Crippen molar-refractivity contribution in [1.82, 2.24) is 20.0 Å². The van der Waals surface area contributed by atoms with Crippen molar-refractivity contribution in [2.75, 3.05) is 13.1 Å². The van der Waals surface area contributed by atoms with Crippen LogP contribution in [-0.2, 0) is 17.9 Å². The van der Waals surface area contributed by atoms with Crippen LogP contribution in [-0.4, -0.2) is 39.7 Å². The topological polar surface area (TPSA) is 93.3 Å². The van der Waals surface area contributed by atoms with Gasteiger partial charge in [-0.1, -0.05) is 24.3 Å². The van der Waals surface area contributed by atoms with Gasteiger partial charge in [-0.15, -0.1) is 0 Å². The van der Waals surface area contributed by atoms with Gasteiger partial charge in [-0.25, -0.2) is 4.79 Å². The third kappa shape index (κ3) is 3.50. The summed E-state index contributed by atoms with van der Waals surface area (Å²) in [6.07, 6.45) is 3.64. The van der Waals surface area contributed by atoms with Crippen LogP contribution < -0.4 is 11.1 Å².